The molecule has 132 valence electrons. The van der Waals surface area contributed by atoms with Crippen LogP contribution in [0.4, 0.5) is 10.5 Å². The van der Waals surface area contributed by atoms with E-state index in [2.05, 4.69) is 36.0 Å². The Kier molecular flexibility index (Phi) is 5.77. The summed E-state index contributed by atoms with van der Waals surface area (Å²) in [6.45, 7) is 11.0. The van der Waals surface area contributed by atoms with Gasteiger partial charge in [-0.2, -0.15) is 0 Å². The van der Waals surface area contributed by atoms with Gasteiger partial charge >= 0.3 is 6.03 Å². The summed E-state index contributed by atoms with van der Waals surface area (Å²) >= 11 is 0. The largest absolute Gasteiger partial charge is 0.364 e. The number of carbonyl (C=O) groups excluding carboxylic acids is 2. The second-order valence-corrected chi connectivity index (χ2v) is 7.37. The highest BCUT2D eigenvalue weighted by Gasteiger charge is 2.22. The molecule has 0 radical (unpaired) electrons. The van der Waals surface area contributed by atoms with Gasteiger partial charge in [-0.25, -0.2) is 9.78 Å². The predicted octanol–water partition coefficient (Wildman–Crippen LogP) is 1.77. The zero-order valence-electron chi connectivity index (χ0n) is 14.7. The fraction of sp³-hybridized carbons (Fsp3) is 0.588. The third kappa shape index (κ3) is 5.49. The molecule has 7 heteroatoms. The average Bonchev–Trinajstić information content (AvgIpc) is 2.53. The fourth-order valence-electron chi connectivity index (χ4n) is 2.48. The Morgan fingerprint density at radius 1 is 1.21 bits per heavy atom. The van der Waals surface area contributed by atoms with Crippen LogP contribution in [-0.2, 0) is 0 Å². The van der Waals surface area contributed by atoms with E-state index in [0.29, 0.717) is 24.2 Å². The molecular formula is C17H27N5O2. The van der Waals surface area contributed by atoms with Crippen molar-refractivity contribution in [3.8, 4) is 0 Å². The zero-order chi connectivity index (χ0) is 17.7. The lowest BCUT2D eigenvalue weighted by Gasteiger charge is -2.35. The molecule has 0 saturated carbocycles. The van der Waals surface area contributed by atoms with Gasteiger partial charge in [0.15, 0.2) is 0 Å². The lowest BCUT2D eigenvalue weighted by Crippen LogP contribution is -2.50. The lowest BCUT2D eigenvalue weighted by molar-refractivity contribution is 0.0995. The number of urea groups is 1. The Bertz CT molecular complexity index is 572. The van der Waals surface area contributed by atoms with Gasteiger partial charge in [-0.1, -0.05) is 20.8 Å². The highest BCUT2D eigenvalue weighted by atomic mass is 16.2. The molecule has 0 atom stereocenters. The summed E-state index contributed by atoms with van der Waals surface area (Å²) in [5.41, 5.74) is 6.21. The monoisotopic (exact) mass is 333 g/mol. The minimum Gasteiger partial charge on any atom is -0.364 e. The number of aromatic nitrogens is 1. The summed E-state index contributed by atoms with van der Waals surface area (Å²) in [6, 6.07) is 2.99. The van der Waals surface area contributed by atoms with E-state index in [1.807, 2.05) is 0 Å². The van der Waals surface area contributed by atoms with E-state index < -0.39 is 5.91 Å². The maximum Gasteiger partial charge on any atom is 0.321 e. The maximum absolute atomic E-state index is 12.3. The van der Waals surface area contributed by atoms with E-state index in [1.165, 1.54) is 12.3 Å². The Labute approximate surface area is 143 Å². The van der Waals surface area contributed by atoms with Crippen molar-refractivity contribution in [2.45, 2.75) is 27.2 Å². The van der Waals surface area contributed by atoms with E-state index in [0.717, 1.165) is 26.1 Å². The molecule has 0 spiro atoms. The molecule has 0 aromatic carbocycles. The van der Waals surface area contributed by atoms with Gasteiger partial charge in [-0.15, -0.1) is 0 Å². The van der Waals surface area contributed by atoms with Crippen LogP contribution in [0.2, 0.25) is 0 Å². The first kappa shape index (κ1) is 18.2. The molecule has 1 fully saturated rings. The number of hydrogen-bond acceptors (Lipinski definition) is 4. The predicted molar refractivity (Wildman–Crippen MR) is 93.9 cm³/mol. The third-order valence-electron chi connectivity index (χ3n) is 4.10. The summed E-state index contributed by atoms with van der Waals surface area (Å²) in [7, 11) is 0. The Balaban J connectivity index is 1.79. The molecule has 24 heavy (non-hydrogen) atoms. The quantitative estimate of drug-likeness (QED) is 0.878. The topological polar surface area (TPSA) is 91.6 Å². The van der Waals surface area contributed by atoms with Crippen molar-refractivity contribution in [1.29, 1.82) is 0 Å². The second-order valence-electron chi connectivity index (χ2n) is 7.37. The molecule has 1 aliphatic rings. The Morgan fingerprint density at radius 2 is 1.88 bits per heavy atom. The standard InChI is InChI=1S/C17H27N5O2/c1-17(2,3)6-7-21-8-10-22(11-9-21)16(24)20-13-4-5-14(15(18)23)19-12-13/h4-5,12H,6-11H2,1-3H3,(H2,18,23)(H,20,24). The van der Waals surface area contributed by atoms with Gasteiger partial charge in [0.05, 0.1) is 11.9 Å². The lowest BCUT2D eigenvalue weighted by atomic mass is 9.92. The van der Waals surface area contributed by atoms with Gasteiger partial charge in [0, 0.05) is 26.2 Å². The number of carbonyl (C=O) groups is 2. The van der Waals surface area contributed by atoms with Gasteiger partial charge in [-0.05, 0) is 30.5 Å². The molecule has 0 unspecified atom stereocenters. The first-order valence-corrected chi connectivity index (χ1v) is 8.29. The van der Waals surface area contributed by atoms with Gasteiger partial charge in [-0.3, -0.25) is 9.69 Å². The number of pyridine rings is 1. The van der Waals surface area contributed by atoms with Gasteiger partial charge < -0.3 is 16.0 Å². The van der Waals surface area contributed by atoms with Gasteiger partial charge in [0.2, 0.25) is 0 Å². The minimum atomic E-state index is -0.584. The number of rotatable bonds is 4. The number of piperazine rings is 1. The zero-order valence-corrected chi connectivity index (χ0v) is 14.7. The summed E-state index contributed by atoms with van der Waals surface area (Å²) < 4.78 is 0. The van der Waals surface area contributed by atoms with E-state index in [4.69, 9.17) is 5.73 Å². The summed E-state index contributed by atoms with van der Waals surface area (Å²) in [5, 5.41) is 2.80. The molecule has 3 N–H and O–H groups in total. The molecule has 1 saturated heterocycles. The van der Waals surface area contributed by atoms with Crippen molar-refractivity contribution in [1.82, 2.24) is 14.8 Å². The Morgan fingerprint density at radius 3 is 2.38 bits per heavy atom. The van der Waals surface area contributed by atoms with Crippen LogP contribution in [0.15, 0.2) is 18.3 Å². The summed E-state index contributed by atoms with van der Waals surface area (Å²) in [4.78, 5) is 31.4. The van der Waals surface area contributed by atoms with Crippen molar-refractivity contribution in [3.05, 3.63) is 24.0 Å². The average molecular weight is 333 g/mol. The van der Waals surface area contributed by atoms with Crippen LogP contribution in [0, 0.1) is 5.41 Å². The van der Waals surface area contributed by atoms with Crippen LogP contribution in [0.5, 0.6) is 0 Å². The second kappa shape index (κ2) is 7.61. The van der Waals surface area contributed by atoms with E-state index >= 15 is 0 Å². The van der Waals surface area contributed by atoms with Crippen LogP contribution < -0.4 is 11.1 Å². The smallest absolute Gasteiger partial charge is 0.321 e. The fourth-order valence-corrected chi connectivity index (χ4v) is 2.48. The molecule has 1 aliphatic heterocycles. The molecule has 2 heterocycles. The molecule has 1 aromatic heterocycles. The molecule has 1 aromatic rings. The number of anilines is 1. The van der Waals surface area contributed by atoms with E-state index in [9.17, 15) is 9.59 Å². The number of nitrogens with two attached hydrogens (primary N) is 1. The number of primary amides is 1. The summed E-state index contributed by atoms with van der Waals surface area (Å²) in [5.74, 6) is -0.584. The molecule has 2 rings (SSSR count). The van der Waals surface area contributed by atoms with Crippen LogP contribution in [0.25, 0.3) is 0 Å². The van der Waals surface area contributed by atoms with Gasteiger partial charge in [0.25, 0.3) is 5.91 Å². The molecule has 3 amide bonds. The molecule has 0 bridgehead atoms. The molecular weight excluding hydrogens is 306 g/mol. The first-order valence-electron chi connectivity index (χ1n) is 8.29. The number of amides is 3. The third-order valence-corrected chi connectivity index (χ3v) is 4.10. The van der Waals surface area contributed by atoms with Crippen LogP contribution in [-0.4, -0.2) is 59.4 Å². The van der Waals surface area contributed by atoms with Crippen molar-refractivity contribution in [3.63, 3.8) is 0 Å². The van der Waals surface area contributed by atoms with Crippen molar-refractivity contribution in [2.75, 3.05) is 38.0 Å². The van der Waals surface area contributed by atoms with Crippen LogP contribution in [0.1, 0.15) is 37.7 Å². The first-order chi connectivity index (χ1) is 11.2. The number of hydrogen-bond donors (Lipinski definition) is 2. The highest BCUT2D eigenvalue weighted by Crippen LogP contribution is 2.19. The number of nitrogens with zero attached hydrogens (tertiary/aromatic N) is 3. The SMILES string of the molecule is CC(C)(C)CCN1CCN(C(=O)Nc2ccc(C(N)=O)nc2)CC1. The summed E-state index contributed by atoms with van der Waals surface area (Å²) in [6.07, 6.45) is 2.59. The van der Waals surface area contributed by atoms with Gasteiger partial charge in [0.1, 0.15) is 5.69 Å². The highest BCUT2D eigenvalue weighted by molar-refractivity contribution is 5.92. The minimum absolute atomic E-state index is 0.140. The maximum atomic E-state index is 12.3. The molecule has 0 aliphatic carbocycles. The van der Waals surface area contributed by atoms with E-state index in [-0.39, 0.29) is 11.7 Å². The van der Waals surface area contributed by atoms with Crippen LogP contribution in [0.3, 0.4) is 0 Å². The van der Waals surface area contributed by atoms with Crippen molar-refractivity contribution in [2.24, 2.45) is 11.1 Å². The van der Waals surface area contributed by atoms with Crippen LogP contribution >= 0.6 is 0 Å². The van der Waals surface area contributed by atoms with E-state index in [1.54, 1.807) is 11.0 Å². The van der Waals surface area contributed by atoms with Crippen molar-refractivity contribution >= 4 is 17.6 Å². The number of nitrogens with one attached hydrogen (secondary N) is 1. The molecule has 7 nitrogen and oxygen atoms in total. The van der Waals surface area contributed by atoms with Crippen molar-refractivity contribution < 1.29 is 9.59 Å². The normalized spacial score (nSPS) is 16.0. The Hall–Kier alpha value is -2.15.